The van der Waals surface area contributed by atoms with E-state index in [9.17, 15) is 5.11 Å². The molecule has 2 atom stereocenters. The van der Waals surface area contributed by atoms with Crippen LogP contribution in [0.3, 0.4) is 0 Å². The highest BCUT2D eigenvalue weighted by Gasteiger charge is 2.24. The predicted molar refractivity (Wildman–Crippen MR) is 67.9 cm³/mol. The molecule has 2 rings (SSSR count). The molecule has 2 unspecified atom stereocenters. The summed E-state index contributed by atoms with van der Waals surface area (Å²) in [5.41, 5.74) is 0.995. The molecule has 1 aliphatic rings. The lowest BCUT2D eigenvalue weighted by molar-refractivity contribution is -0.0237. The second-order valence-corrected chi connectivity index (χ2v) is 4.52. The highest BCUT2D eigenvalue weighted by atomic mass is 16.5. The quantitative estimate of drug-likeness (QED) is 0.864. The summed E-state index contributed by atoms with van der Waals surface area (Å²) in [6, 6.07) is 10.2. The van der Waals surface area contributed by atoms with Crippen molar-refractivity contribution in [3.8, 4) is 0 Å². The van der Waals surface area contributed by atoms with E-state index in [1.807, 2.05) is 30.3 Å². The van der Waals surface area contributed by atoms with E-state index in [1.54, 1.807) is 0 Å². The van der Waals surface area contributed by atoms with E-state index in [0.29, 0.717) is 6.04 Å². The number of aliphatic hydroxyl groups excluding tert-OH is 1. The van der Waals surface area contributed by atoms with E-state index in [-0.39, 0.29) is 0 Å². The van der Waals surface area contributed by atoms with Gasteiger partial charge in [0, 0.05) is 12.6 Å². The smallest absolute Gasteiger partial charge is 0.0805 e. The van der Waals surface area contributed by atoms with E-state index in [1.165, 1.54) is 0 Å². The van der Waals surface area contributed by atoms with Crippen LogP contribution in [0.1, 0.15) is 25.0 Å². The highest BCUT2D eigenvalue weighted by molar-refractivity contribution is 5.17. The molecule has 1 aromatic rings. The zero-order chi connectivity index (χ0) is 12.1. The van der Waals surface area contributed by atoms with Crippen LogP contribution in [0.15, 0.2) is 30.3 Å². The van der Waals surface area contributed by atoms with Crippen LogP contribution in [0, 0.1) is 0 Å². The number of hydrogen-bond donors (Lipinski definition) is 1. The van der Waals surface area contributed by atoms with Gasteiger partial charge >= 0.3 is 0 Å². The van der Waals surface area contributed by atoms with Crippen LogP contribution in [-0.2, 0) is 4.74 Å². The Kier molecular flexibility index (Phi) is 4.54. The summed E-state index contributed by atoms with van der Waals surface area (Å²) >= 11 is 0. The van der Waals surface area contributed by atoms with Crippen molar-refractivity contribution in [2.24, 2.45) is 0 Å². The van der Waals surface area contributed by atoms with Crippen molar-refractivity contribution >= 4 is 0 Å². The van der Waals surface area contributed by atoms with Crippen LogP contribution in [-0.4, -0.2) is 42.4 Å². The number of hydrogen-bond acceptors (Lipinski definition) is 3. The minimum absolute atomic E-state index is 0.337. The van der Waals surface area contributed by atoms with Crippen molar-refractivity contribution in [1.82, 2.24) is 4.90 Å². The minimum Gasteiger partial charge on any atom is -0.388 e. The average Bonchev–Trinajstić information content (AvgIpc) is 2.40. The lowest BCUT2D eigenvalue weighted by atomic mass is 10.0. The Morgan fingerprint density at radius 3 is 2.88 bits per heavy atom. The van der Waals surface area contributed by atoms with Gasteiger partial charge in [0.2, 0.25) is 0 Å². The Labute approximate surface area is 103 Å². The molecule has 0 spiro atoms. The van der Waals surface area contributed by atoms with E-state index in [2.05, 4.69) is 11.8 Å². The van der Waals surface area contributed by atoms with Crippen molar-refractivity contribution in [3.63, 3.8) is 0 Å². The van der Waals surface area contributed by atoms with Gasteiger partial charge in [0.05, 0.1) is 19.3 Å². The van der Waals surface area contributed by atoms with Gasteiger partial charge in [-0.25, -0.2) is 0 Å². The molecule has 1 fully saturated rings. The molecule has 0 amide bonds. The fourth-order valence-corrected chi connectivity index (χ4v) is 2.39. The maximum absolute atomic E-state index is 10.2. The van der Waals surface area contributed by atoms with Gasteiger partial charge in [-0.3, -0.25) is 4.90 Å². The lowest BCUT2D eigenvalue weighted by Crippen LogP contribution is -2.45. The van der Waals surface area contributed by atoms with Gasteiger partial charge in [-0.2, -0.15) is 0 Å². The van der Waals surface area contributed by atoms with E-state index in [0.717, 1.165) is 38.3 Å². The standard InChI is InChI=1S/C14H21NO2/c1-2-15-8-9-17-11-13(15)10-14(16)12-6-4-3-5-7-12/h3-7,13-14,16H,2,8-11H2,1H3. The molecule has 1 N–H and O–H groups in total. The molecule has 1 heterocycles. The summed E-state index contributed by atoms with van der Waals surface area (Å²) in [4.78, 5) is 2.38. The molecule has 0 saturated carbocycles. The second-order valence-electron chi connectivity index (χ2n) is 4.52. The molecule has 1 aliphatic heterocycles. The van der Waals surface area contributed by atoms with Crippen molar-refractivity contribution in [2.75, 3.05) is 26.3 Å². The highest BCUT2D eigenvalue weighted by Crippen LogP contribution is 2.22. The zero-order valence-electron chi connectivity index (χ0n) is 10.4. The number of nitrogens with zero attached hydrogens (tertiary/aromatic N) is 1. The van der Waals surface area contributed by atoms with Gasteiger partial charge in [0.1, 0.15) is 0 Å². The Balaban J connectivity index is 1.95. The van der Waals surface area contributed by atoms with E-state index < -0.39 is 6.10 Å². The second kappa shape index (κ2) is 6.15. The summed E-state index contributed by atoms with van der Waals surface area (Å²) < 4.78 is 5.50. The fourth-order valence-electron chi connectivity index (χ4n) is 2.39. The average molecular weight is 235 g/mol. The van der Waals surface area contributed by atoms with Crippen LogP contribution in [0.5, 0.6) is 0 Å². The summed E-state index contributed by atoms with van der Waals surface area (Å²) in [5.74, 6) is 0. The number of morpholine rings is 1. The molecule has 0 bridgehead atoms. The molecule has 94 valence electrons. The molecule has 0 radical (unpaired) electrons. The van der Waals surface area contributed by atoms with Crippen LogP contribution < -0.4 is 0 Å². The molecule has 1 aromatic carbocycles. The molecule has 3 heteroatoms. The summed E-state index contributed by atoms with van der Waals surface area (Å²) in [6.45, 7) is 5.70. The Morgan fingerprint density at radius 2 is 2.18 bits per heavy atom. The zero-order valence-corrected chi connectivity index (χ0v) is 10.4. The van der Waals surface area contributed by atoms with E-state index >= 15 is 0 Å². The normalized spacial score (nSPS) is 23.5. The molecule has 17 heavy (non-hydrogen) atoms. The minimum atomic E-state index is -0.392. The molecule has 0 aromatic heterocycles. The predicted octanol–water partition coefficient (Wildman–Crippen LogP) is 1.83. The van der Waals surface area contributed by atoms with Crippen LogP contribution in [0.4, 0.5) is 0 Å². The van der Waals surface area contributed by atoms with Gasteiger partial charge in [-0.15, -0.1) is 0 Å². The summed E-state index contributed by atoms with van der Waals surface area (Å²) in [6.07, 6.45) is 0.356. The van der Waals surface area contributed by atoms with Crippen LogP contribution in [0.2, 0.25) is 0 Å². The summed E-state index contributed by atoms with van der Waals surface area (Å²) in [5, 5.41) is 10.2. The maximum Gasteiger partial charge on any atom is 0.0805 e. The van der Waals surface area contributed by atoms with Crippen molar-refractivity contribution in [1.29, 1.82) is 0 Å². The maximum atomic E-state index is 10.2. The van der Waals surface area contributed by atoms with Crippen LogP contribution >= 0.6 is 0 Å². The Hall–Kier alpha value is -0.900. The van der Waals surface area contributed by atoms with Gasteiger partial charge in [-0.1, -0.05) is 37.3 Å². The van der Waals surface area contributed by atoms with Crippen molar-refractivity contribution in [2.45, 2.75) is 25.5 Å². The number of aliphatic hydroxyl groups is 1. The first-order valence-corrected chi connectivity index (χ1v) is 6.36. The molecular weight excluding hydrogens is 214 g/mol. The fraction of sp³-hybridized carbons (Fsp3) is 0.571. The first-order chi connectivity index (χ1) is 8.31. The topological polar surface area (TPSA) is 32.7 Å². The van der Waals surface area contributed by atoms with Crippen molar-refractivity contribution < 1.29 is 9.84 Å². The molecule has 0 aliphatic carbocycles. The van der Waals surface area contributed by atoms with Crippen molar-refractivity contribution in [3.05, 3.63) is 35.9 Å². The SMILES string of the molecule is CCN1CCOCC1CC(O)c1ccccc1. The van der Waals surface area contributed by atoms with E-state index in [4.69, 9.17) is 4.74 Å². The third-order valence-electron chi connectivity index (χ3n) is 3.44. The third kappa shape index (κ3) is 3.28. The number of likely N-dealkylation sites (N-methyl/N-ethyl adjacent to an activating group) is 1. The van der Waals surface area contributed by atoms with Crippen LogP contribution in [0.25, 0.3) is 0 Å². The van der Waals surface area contributed by atoms with Gasteiger partial charge in [0.15, 0.2) is 0 Å². The number of rotatable bonds is 4. The first kappa shape index (κ1) is 12.6. The molecule has 3 nitrogen and oxygen atoms in total. The van der Waals surface area contributed by atoms with Gasteiger partial charge < -0.3 is 9.84 Å². The van der Waals surface area contributed by atoms with Gasteiger partial charge in [-0.05, 0) is 18.5 Å². The largest absolute Gasteiger partial charge is 0.388 e. The first-order valence-electron chi connectivity index (χ1n) is 6.36. The molecule has 1 saturated heterocycles. The van der Waals surface area contributed by atoms with Gasteiger partial charge in [0.25, 0.3) is 0 Å². The third-order valence-corrected chi connectivity index (χ3v) is 3.44. The number of benzene rings is 1. The Morgan fingerprint density at radius 1 is 1.41 bits per heavy atom. The lowest BCUT2D eigenvalue weighted by Gasteiger charge is -2.35. The Bertz CT molecular complexity index is 328. The number of ether oxygens (including phenoxy) is 1. The molecular formula is C14H21NO2. The summed E-state index contributed by atoms with van der Waals surface area (Å²) in [7, 11) is 0. The monoisotopic (exact) mass is 235 g/mol.